The van der Waals surface area contributed by atoms with Crippen molar-refractivity contribution in [1.29, 1.82) is 0 Å². The quantitative estimate of drug-likeness (QED) is 0.388. The zero-order valence-corrected chi connectivity index (χ0v) is 17.1. The number of rotatable bonds is 5. The molecule has 146 valence electrons. The Labute approximate surface area is 172 Å². The monoisotopic (exact) mass is 403 g/mol. The number of carbonyl (C=O) groups is 1. The standard InChI is InChI=1S/C23H21N3O2S/c1-3-26-22(28)18-12-6-7-13-20(18)25-23(26)29-15(2)21(27)24-19-14-8-10-16-9-4-5-11-17(16)19/h4-15H,3H2,1-2H3,(H,24,27)/t15-/m0/s1. The number of amides is 1. The Hall–Kier alpha value is -3.12. The molecular formula is C23H21N3O2S. The molecule has 0 aliphatic rings. The first kappa shape index (κ1) is 19.2. The molecule has 0 aliphatic heterocycles. The molecule has 0 aliphatic carbocycles. The Morgan fingerprint density at radius 2 is 1.72 bits per heavy atom. The summed E-state index contributed by atoms with van der Waals surface area (Å²) in [5.41, 5.74) is 1.34. The van der Waals surface area contributed by atoms with Gasteiger partial charge in [0.05, 0.1) is 16.2 Å². The molecule has 3 aromatic carbocycles. The Bertz CT molecular complexity index is 1260. The Morgan fingerprint density at radius 3 is 2.52 bits per heavy atom. The van der Waals surface area contributed by atoms with Gasteiger partial charge in [-0.05, 0) is 37.4 Å². The van der Waals surface area contributed by atoms with E-state index in [4.69, 9.17) is 0 Å². The van der Waals surface area contributed by atoms with Crippen LogP contribution in [-0.4, -0.2) is 20.7 Å². The van der Waals surface area contributed by atoms with E-state index < -0.39 is 5.25 Å². The van der Waals surface area contributed by atoms with Crippen LogP contribution in [0.3, 0.4) is 0 Å². The number of aromatic nitrogens is 2. The van der Waals surface area contributed by atoms with Crippen LogP contribution in [0.15, 0.2) is 76.7 Å². The molecule has 1 heterocycles. The van der Waals surface area contributed by atoms with Crippen molar-refractivity contribution in [2.45, 2.75) is 30.8 Å². The fourth-order valence-corrected chi connectivity index (χ4v) is 4.27. The first-order valence-corrected chi connectivity index (χ1v) is 10.4. The predicted molar refractivity (Wildman–Crippen MR) is 120 cm³/mol. The van der Waals surface area contributed by atoms with Gasteiger partial charge in [0.15, 0.2) is 5.16 Å². The van der Waals surface area contributed by atoms with Crippen molar-refractivity contribution < 1.29 is 4.79 Å². The van der Waals surface area contributed by atoms with Crippen LogP contribution in [0, 0.1) is 0 Å². The summed E-state index contributed by atoms with van der Waals surface area (Å²) in [6.07, 6.45) is 0. The van der Waals surface area contributed by atoms with Crippen molar-refractivity contribution >= 4 is 45.0 Å². The normalized spacial score (nSPS) is 12.2. The average molecular weight is 404 g/mol. The molecule has 1 N–H and O–H groups in total. The molecule has 0 radical (unpaired) electrons. The van der Waals surface area contributed by atoms with E-state index in [1.54, 1.807) is 10.6 Å². The lowest BCUT2D eigenvalue weighted by molar-refractivity contribution is -0.115. The van der Waals surface area contributed by atoms with E-state index in [0.29, 0.717) is 22.6 Å². The maximum Gasteiger partial charge on any atom is 0.262 e. The third-order valence-corrected chi connectivity index (χ3v) is 5.93. The van der Waals surface area contributed by atoms with Crippen LogP contribution in [0.5, 0.6) is 0 Å². The Kier molecular flexibility index (Phi) is 5.36. The summed E-state index contributed by atoms with van der Waals surface area (Å²) in [5.74, 6) is -0.128. The van der Waals surface area contributed by atoms with Gasteiger partial charge in [-0.15, -0.1) is 0 Å². The van der Waals surface area contributed by atoms with Gasteiger partial charge in [-0.3, -0.25) is 14.2 Å². The fourth-order valence-electron chi connectivity index (χ4n) is 3.30. The molecule has 0 fully saturated rings. The van der Waals surface area contributed by atoms with E-state index >= 15 is 0 Å². The van der Waals surface area contributed by atoms with Crippen LogP contribution in [0.4, 0.5) is 5.69 Å². The summed E-state index contributed by atoms with van der Waals surface area (Å²) in [6.45, 7) is 4.23. The molecule has 1 amide bonds. The van der Waals surface area contributed by atoms with Crippen molar-refractivity contribution in [3.05, 3.63) is 77.1 Å². The summed E-state index contributed by atoms with van der Waals surface area (Å²) in [4.78, 5) is 30.3. The molecule has 0 bridgehead atoms. The average Bonchev–Trinajstić information content (AvgIpc) is 2.74. The zero-order valence-electron chi connectivity index (χ0n) is 16.3. The van der Waals surface area contributed by atoms with Gasteiger partial charge in [0.25, 0.3) is 5.56 Å². The smallest absolute Gasteiger partial charge is 0.262 e. The minimum absolute atomic E-state index is 0.0812. The van der Waals surface area contributed by atoms with E-state index in [0.717, 1.165) is 16.5 Å². The zero-order chi connectivity index (χ0) is 20.4. The lowest BCUT2D eigenvalue weighted by Crippen LogP contribution is -2.26. The number of anilines is 1. The van der Waals surface area contributed by atoms with Crippen molar-refractivity contribution in [3.63, 3.8) is 0 Å². The highest BCUT2D eigenvalue weighted by molar-refractivity contribution is 8.00. The number of carbonyl (C=O) groups excluding carboxylic acids is 1. The molecule has 0 unspecified atom stereocenters. The summed E-state index contributed by atoms with van der Waals surface area (Å²) in [7, 11) is 0. The number of benzene rings is 3. The number of hydrogen-bond donors (Lipinski definition) is 1. The Morgan fingerprint density at radius 1 is 1.03 bits per heavy atom. The second kappa shape index (κ2) is 8.09. The van der Waals surface area contributed by atoms with Gasteiger partial charge in [0, 0.05) is 17.6 Å². The van der Waals surface area contributed by atoms with Crippen LogP contribution >= 0.6 is 11.8 Å². The number of fused-ring (bicyclic) bond motifs is 2. The van der Waals surface area contributed by atoms with Crippen molar-refractivity contribution in [1.82, 2.24) is 9.55 Å². The number of para-hydroxylation sites is 1. The molecule has 0 saturated heterocycles. The minimum Gasteiger partial charge on any atom is -0.325 e. The minimum atomic E-state index is -0.417. The lowest BCUT2D eigenvalue weighted by Gasteiger charge is -2.16. The van der Waals surface area contributed by atoms with Gasteiger partial charge in [-0.2, -0.15) is 0 Å². The molecule has 1 aromatic heterocycles. The molecule has 1 atom stereocenters. The number of hydrogen-bond acceptors (Lipinski definition) is 4. The lowest BCUT2D eigenvalue weighted by atomic mass is 10.1. The number of nitrogens with one attached hydrogen (secondary N) is 1. The SMILES string of the molecule is CCn1c(S[C@@H](C)C(=O)Nc2cccc3ccccc23)nc2ccccc2c1=O. The van der Waals surface area contributed by atoms with Crippen LogP contribution in [-0.2, 0) is 11.3 Å². The van der Waals surface area contributed by atoms with Gasteiger partial charge in [0.2, 0.25) is 5.91 Å². The molecule has 5 nitrogen and oxygen atoms in total. The molecule has 6 heteroatoms. The van der Waals surface area contributed by atoms with Gasteiger partial charge >= 0.3 is 0 Å². The predicted octanol–water partition coefficient (Wildman–Crippen LogP) is 4.69. The fraction of sp³-hybridized carbons (Fsp3) is 0.174. The van der Waals surface area contributed by atoms with Crippen molar-refractivity contribution in [2.75, 3.05) is 5.32 Å². The molecule has 4 aromatic rings. The van der Waals surface area contributed by atoms with Crippen molar-refractivity contribution in [2.24, 2.45) is 0 Å². The van der Waals surface area contributed by atoms with Crippen LogP contribution in [0.25, 0.3) is 21.7 Å². The second-order valence-corrected chi connectivity index (χ2v) is 8.04. The molecular weight excluding hydrogens is 382 g/mol. The van der Waals surface area contributed by atoms with E-state index in [2.05, 4.69) is 10.3 Å². The topological polar surface area (TPSA) is 64.0 Å². The molecule has 4 rings (SSSR count). The highest BCUT2D eigenvalue weighted by Gasteiger charge is 2.19. The summed E-state index contributed by atoms with van der Waals surface area (Å²) in [5, 5.41) is 5.81. The second-order valence-electron chi connectivity index (χ2n) is 6.74. The maximum absolute atomic E-state index is 12.9. The van der Waals surface area contributed by atoms with Gasteiger partial charge in [-0.25, -0.2) is 4.98 Å². The van der Waals surface area contributed by atoms with Gasteiger partial charge in [0.1, 0.15) is 0 Å². The molecule has 0 saturated carbocycles. The summed E-state index contributed by atoms with van der Waals surface area (Å²) in [6, 6.07) is 21.1. The van der Waals surface area contributed by atoms with E-state index in [1.807, 2.05) is 74.5 Å². The van der Waals surface area contributed by atoms with Crippen LogP contribution in [0.1, 0.15) is 13.8 Å². The third kappa shape index (κ3) is 3.76. The van der Waals surface area contributed by atoms with Crippen molar-refractivity contribution in [3.8, 4) is 0 Å². The largest absolute Gasteiger partial charge is 0.325 e. The maximum atomic E-state index is 12.9. The van der Waals surface area contributed by atoms with E-state index in [1.165, 1.54) is 11.8 Å². The van der Waals surface area contributed by atoms with Crippen LogP contribution < -0.4 is 10.9 Å². The number of thioether (sulfide) groups is 1. The Balaban J connectivity index is 1.61. The highest BCUT2D eigenvalue weighted by atomic mass is 32.2. The molecule has 0 spiro atoms. The molecule has 29 heavy (non-hydrogen) atoms. The van der Waals surface area contributed by atoms with E-state index in [-0.39, 0.29) is 11.5 Å². The third-order valence-electron chi connectivity index (χ3n) is 4.84. The van der Waals surface area contributed by atoms with Crippen LogP contribution in [0.2, 0.25) is 0 Å². The number of nitrogens with zero attached hydrogens (tertiary/aromatic N) is 2. The summed E-state index contributed by atoms with van der Waals surface area (Å²) >= 11 is 1.30. The van der Waals surface area contributed by atoms with Gasteiger partial charge < -0.3 is 5.32 Å². The highest BCUT2D eigenvalue weighted by Crippen LogP contribution is 2.26. The van der Waals surface area contributed by atoms with E-state index in [9.17, 15) is 9.59 Å². The first-order valence-electron chi connectivity index (χ1n) is 9.53. The first-order chi connectivity index (χ1) is 14.1. The van der Waals surface area contributed by atoms with Gasteiger partial charge in [-0.1, -0.05) is 60.3 Å². The summed E-state index contributed by atoms with van der Waals surface area (Å²) < 4.78 is 1.62.